The minimum absolute atomic E-state index is 0.576. The van der Waals surface area contributed by atoms with Gasteiger partial charge in [0.1, 0.15) is 0 Å². The largest absolute Gasteiger partial charge is 0.332 e. The van der Waals surface area contributed by atoms with Gasteiger partial charge in [-0.3, -0.25) is 0 Å². The molecule has 26 heavy (non-hydrogen) atoms. The molecule has 0 saturated carbocycles. The Morgan fingerprint density at radius 3 is 2.19 bits per heavy atom. The molecule has 0 amide bonds. The van der Waals surface area contributed by atoms with Gasteiger partial charge in [-0.1, -0.05) is 74.5 Å². The average Bonchev–Trinajstić information content (AvgIpc) is 2.69. The van der Waals surface area contributed by atoms with Crippen LogP contribution in [0.3, 0.4) is 0 Å². The van der Waals surface area contributed by atoms with Crippen molar-refractivity contribution in [1.29, 1.82) is 0 Å². The molecule has 3 aromatic carbocycles. The van der Waals surface area contributed by atoms with Crippen molar-refractivity contribution in [2.24, 2.45) is 0 Å². The third-order valence-electron chi connectivity index (χ3n) is 4.61. The van der Waals surface area contributed by atoms with Gasteiger partial charge >= 0.3 is 0 Å². The SMILES string of the molecule is CCC(C)c1ccc(NC(=S)Nc2ccccc2-c2ccccc2)cc1. The van der Waals surface area contributed by atoms with E-state index >= 15 is 0 Å². The van der Waals surface area contributed by atoms with Crippen molar-refractivity contribution in [2.45, 2.75) is 26.2 Å². The van der Waals surface area contributed by atoms with E-state index in [2.05, 4.69) is 66.9 Å². The number of para-hydroxylation sites is 1. The minimum Gasteiger partial charge on any atom is -0.332 e. The average molecular weight is 361 g/mol. The summed E-state index contributed by atoms with van der Waals surface area (Å²) in [6.45, 7) is 4.45. The molecule has 0 fully saturated rings. The van der Waals surface area contributed by atoms with Crippen LogP contribution in [0.15, 0.2) is 78.9 Å². The van der Waals surface area contributed by atoms with Crippen molar-refractivity contribution in [3.05, 3.63) is 84.4 Å². The quantitative estimate of drug-likeness (QED) is 0.496. The second kappa shape index (κ2) is 8.63. The molecule has 2 nitrogen and oxygen atoms in total. The first kappa shape index (κ1) is 18.2. The molecule has 0 aliphatic carbocycles. The predicted molar refractivity (Wildman–Crippen MR) is 117 cm³/mol. The van der Waals surface area contributed by atoms with Crippen LogP contribution >= 0.6 is 12.2 Å². The molecule has 0 spiro atoms. The summed E-state index contributed by atoms with van der Waals surface area (Å²) in [4.78, 5) is 0. The van der Waals surface area contributed by atoms with Gasteiger partial charge < -0.3 is 10.6 Å². The van der Waals surface area contributed by atoms with Gasteiger partial charge in [-0.15, -0.1) is 0 Å². The first-order valence-corrected chi connectivity index (χ1v) is 9.40. The number of anilines is 2. The Hall–Kier alpha value is -2.65. The number of hydrogen-bond acceptors (Lipinski definition) is 1. The summed E-state index contributed by atoms with van der Waals surface area (Å²) in [5, 5.41) is 7.19. The Labute approximate surface area is 161 Å². The zero-order chi connectivity index (χ0) is 18.4. The van der Waals surface area contributed by atoms with Gasteiger partial charge in [0.25, 0.3) is 0 Å². The van der Waals surface area contributed by atoms with Crippen LogP contribution in [0.5, 0.6) is 0 Å². The van der Waals surface area contributed by atoms with Crippen LogP contribution in [0.2, 0.25) is 0 Å². The molecule has 0 aromatic heterocycles. The third-order valence-corrected chi connectivity index (χ3v) is 4.81. The van der Waals surface area contributed by atoms with Gasteiger partial charge in [0.15, 0.2) is 5.11 Å². The third kappa shape index (κ3) is 4.50. The number of nitrogens with one attached hydrogen (secondary N) is 2. The van der Waals surface area contributed by atoms with Crippen LogP contribution in [-0.4, -0.2) is 5.11 Å². The van der Waals surface area contributed by atoms with Crippen LogP contribution < -0.4 is 10.6 Å². The first-order chi connectivity index (χ1) is 12.7. The van der Waals surface area contributed by atoms with E-state index in [1.165, 1.54) is 5.56 Å². The van der Waals surface area contributed by atoms with Crippen LogP contribution in [0, 0.1) is 0 Å². The molecular weight excluding hydrogens is 336 g/mol. The lowest BCUT2D eigenvalue weighted by Crippen LogP contribution is -2.19. The molecular formula is C23H24N2S. The number of hydrogen-bond donors (Lipinski definition) is 2. The van der Waals surface area contributed by atoms with E-state index in [0.29, 0.717) is 11.0 Å². The molecule has 1 atom stereocenters. The molecule has 132 valence electrons. The molecule has 0 radical (unpaired) electrons. The van der Waals surface area contributed by atoms with Gasteiger partial charge in [0.2, 0.25) is 0 Å². The van der Waals surface area contributed by atoms with E-state index in [4.69, 9.17) is 12.2 Å². The van der Waals surface area contributed by atoms with Crippen molar-refractivity contribution in [3.8, 4) is 11.1 Å². The zero-order valence-corrected chi connectivity index (χ0v) is 16.0. The first-order valence-electron chi connectivity index (χ1n) is 8.99. The highest BCUT2D eigenvalue weighted by Gasteiger charge is 2.07. The number of benzene rings is 3. The Kier molecular flexibility index (Phi) is 6.03. The van der Waals surface area contributed by atoms with E-state index in [1.54, 1.807) is 0 Å². The van der Waals surface area contributed by atoms with Crippen molar-refractivity contribution in [1.82, 2.24) is 0 Å². The second-order valence-corrected chi connectivity index (χ2v) is 6.83. The van der Waals surface area contributed by atoms with Gasteiger partial charge in [-0.2, -0.15) is 0 Å². The molecule has 0 aliphatic rings. The van der Waals surface area contributed by atoms with Gasteiger partial charge in [0, 0.05) is 16.9 Å². The highest BCUT2D eigenvalue weighted by molar-refractivity contribution is 7.80. The summed E-state index contributed by atoms with van der Waals surface area (Å²) in [7, 11) is 0. The van der Waals surface area contributed by atoms with E-state index < -0.39 is 0 Å². The standard InChI is InChI=1S/C23H24N2S/c1-3-17(2)18-13-15-20(16-14-18)24-23(26)25-22-12-8-7-11-21(22)19-9-5-4-6-10-19/h4-17H,3H2,1-2H3,(H2,24,25,26). The fourth-order valence-corrected chi connectivity index (χ4v) is 3.10. The van der Waals surface area contributed by atoms with Gasteiger partial charge in [0.05, 0.1) is 0 Å². The zero-order valence-electron chi connectivity index (χ0n) is 15.2. The summed E-state index contributed by atoms with van der Waals surface area (Å²) in [5.74, 6) is 0.576. The molecule has 3 aromatic rings. The molecule has 0 saturated heterocycles. The summed E-state index contributed by atoms with van der Waals surface area (Å²) < 4.78 is 0. The summed E-state index contributed by atoms with van der Waals surface area (Å²) >= 11 is 5.51. The van der Waals surface area contributed by atoms with Crippen LogP contribution in [0.4, 0.5) is 11.4 Å². The smallest absolute Gasteiger partial charge is 0.175 e. The van der Waals surface area contributed by atoms with Gasteiger partial charge in [-0.05, 0) is 53.9 Å². The van der Waals surface area contributed by atoms with Crippen molar-refractivity contribution < 1.29 is 0 Å². The maximum atomic E-state index is 5.51. The number of thiocarbonyl (C=S) groups is 1. The van der Waals surface area contributed by atoms with E-state index in [1.807, 2.05) is 36.4 Å². The van der Waals surface area contributed by atoms with Crippen LogP contribution in [-0.2, 0) is 0 Å². The van der Waals surface area contributed by atoms with Gasteiger partial charge in [-0.25, -0.2) is 0 Å². The maximum Gasteiger partial charge on any atom is 0.175 e. The molecule has 0 heterocycles. The Balaban J connectivity index is 1.71. The number of rotatable bonds is 5. The monoisotopic (exact) mass is 360 g/mol. The van der Waals surface area contributed by atoms with E-state index in [9.17, 15) is 0 Å². The molecule has 0 aliphatic heterocycles. The second-order valence-electron chi connectivity index (χ2n) is 6.42. The normalized spacial score (nSPS) is 11.6. The molecule has 1 unspecified atom stereocenters. The van der Waals surface area contributed by atoms with Crippen LogP contribution in [0.1, 0.15) is 31.7 Å². The fourth-order valence-electron chi connectivity index (χ4n) is 2.88. The molecule has 3 rings (SSSR count). The lowest BCUT2D eigenvalue weighted by atomic mass is 9.99. The topological polar surface area (TPSA) is 24.1 Å². The molecule has 3 heteroatoms. The maximum absolute atomic E-state index is 5.51. The minimum atomic E-state index is 0.576. The van der Waals surface area contributed by atoms with E-state index in [0.717, 1.165) is 28.9 Å². The van der Waals surface area contributed by atoms with Crippen molar-refractivity contribution >= 4 is 28.7 Å². The highest BCUT2D eigenvalue weighted by atomic mass is 32.1. The Morgan fingerprint density at radius 1 is 0.846 bits per heavy atom. The van der Waals surface area contributed by atoms with E-state index in [-0.39, 0.29) is 0 Å². The van der Waals surface area contributed by atoms with Crippen LogP contribution in [0.25, 0.3) is 11.1 Å². The van der Waals surface area contributed by atoms with Crippen molar-refractivity contribution in [2.75, 3.05) is 10.6 Å². The fraction of sp³-hybridized carbons (Fsp3) is 0.174. The Bertz CT molecular complexity index is 857. The lowest BCUT2D eigenvalue weighted by molar-refractivity contribution is 0.734. The van der Waals surface area contributed by atoms with Crippen molar-refractivity contribution in [3.63, 3.8) is 0 Å². The highest BCUT2D eigenvalue weighted by Crippen LogP contribution is 2.27. The summed E-state index contributed by atoms with van der Waals surface area (Å²) in [6.07, 6.45) is 1.14. The molecule has 0 bridgehead atoms. The molecule has 2 N–H and O–H groups in total. The lowest BCUT2D eigenvalue weighted by Gasteiger charge is -2.15. The summed E-state index contributed by atoms with van der Waals surface area (Å²) in [5.41, 5.74) is 5.63. The predicted octanol–water partition coefficient (Wildman–Crippen LogP) is 6.68. The Morgan fingerprint density at radius 2 is 1.50 bits per heavy atom. The summed E-state index contributed by atoms with van der Waals surface area (Å²) in [6, 6.07) is 27.0.